The zero-order valence-corrected chi connectivity index (χ0v) is 21.7. The molecule has 0 spiro atoms. The lowest BCUT2D eigenvalue weighted by molar-refractivity contribution is 0.141. The van der Waals surface area contributed by atoms with Crippen molar-refractivity contribution < 1.29 is 33.7 Å². The molecule has 0 aliphatic carbocycles. The second-order valence-corrected chi connectivity index (χ2v) is 8.51. The summed E-state index contributed by atoms with van der Waals surface area (Å²) in [6, 6.07) is 0. The number of carbonyl (C=O) groups is 3. The Morgan fingerprint density at radius 1 is 0.514 bits per heavy atom. The first-order valence-electron chi connectivity index (χ1n) is 13.4. The van der Waals surface area contributed by atoms with Gasteiger partial charge in [0, 0.05) is 26.2 Å². The Labute approximate surface area is 211 Å². The van der Waals surface area contributed by atoms with E-state index < -0.39 is 6.09 Å². The van der Waals surface area contributed by atoms with Crippen LogP contribution in [0.2, 0.25) is 0 Å². The summed E-state index contributed by atoms with van der Waals surface area (Å²) in [5.74, 6) is 0. The minimum atomic E-state index is -0.391. The predicted octanol–water partition coefficient (Wildman–Crippen LogP) is 4.64. The molecule has 4 N–H and O–H groups in total. The van der Waals surface area contributed by atoms with Crippen LogP contribution < -0.4 is 16.0 Å². The van der Waals surface area contributed by atoms with Crippen LogP contribution in [0.15, 0.2) is 0 Å². The molecule has 0 aromatic heterocycles. The molecule has 0 heterocycles. The number of aliphatic hydroxyl groups excluding tert-OH is 1. The molecule has 10 nitrogen and oxygen atoms in total. The number of nitrogens with one attached hydrogen (secondary N) is 3. The molecule has 0 saturated carbocycles. The Balaban J connectivity index is 3.31. The molecule has 0 aliphatic rings. The number of alkyl carbamates (subject to hydrolysis) is 3. The number of rotatable bonds is 23. The molecule has 0 rings (SSSR count). The van der Waals surface area contributed by atoms with Gasteiger partial charge in [0.25, 0.3) is 0 Å². The van der Waals surface area contributed by atoms with Crippen LogP contribution in [0.1, 0.15) is 96.8 Å². The maximum atomic E-state index is 11.7. The number of hydrogen-bond donors (Lipinski definition) is 4. The van der Waals surface area contributed by atoms with E-state index in [1.807, 2.05) is 6.92 Å². The fourth-order valence-corrected chi connectivity index (χ4v) is 3.11. The van der Waals surface area contributed by atoms with Crippen molar-refractivity contribution in [2.75, 3.05) is 46.1 Å². The molecule has 206 valence electrons. The summed E-state index contributed by atoms with van der Waals surface area (Å²) >= 11 is 0. The van der Waals surface area contributed by atoms with Crippen LogP contribution in [0.4, 0.5) is 14.4 Å². The van der Waals surface area contributed by atoms with Gasteiger partial charge in [0.15, 0.2) is 0 Å². The fraction of sp³-hybridized carbons (Fsp3) is 0.880. The minimum Gasteiger partial charge on any atom is -0.450 e. The van der Waals surface area contributed by atoms with E-state index in [0.29, 0.717) is 39.5 Å². The molecule has 0 aromatic carbocycles. The van der Waals surface area contributed by atoms with Gasteiger partial charge in [-0.3, -0.25) is 0 Å². The van der Waals surface area contributed by atoms with E-state index in [9.17, 15) is 14.4 Å². The maximum absolute atomic E-state index is 11.7. The van der Waals surface area contributed by atoms with Crippen LogP contribution in [0.25, 0.3) is 0 Å². The molecule has 0 unspecified atom stereocenters. The SMILES string of the molecule is CCCCOC(=O)NCCCCCCOC(=O)NCCCCCCOC(=O)NCCCCCCO. The summed E-state index contributed by atoms with van der Waals surface area (Å²) in [5.41, 5.74) is 0. The third kappa shape index (κ3) is 26.2. The van der Waals surface area contributed by atoms with Gasteiger partial charge in [0.2, 0.25) is 0 Å². The first-order valence-corrected chi connectivity index (χ1v) is 13.4. The molecule has 3 amide bonds. The van der Waals surface area contributed by atoms with Crippen molar-refractivity contribution in [3.63, 3.8) is 0 Å². The zero-order valence-electron chi connectivity index (χ0n) is 21.7. The number of hydrogen-bond acceptors (Lipinski definition) is 7. The second kappa shape index (κ2) is 26.4. The van der Waals surface area contributed by atoms with Gasteiger partial charge in [-0.05, 0) is 57.8 Å². The number of unbranched alkanes of at least 4 members (excludes halogenated alkanes) is 10. The fourth-order valence-electron chi connectivity index (χ4n) is 3.11. The van der Waals surface area contributed by atoms with Gasteiger partial charge in [-0.1, -0.05) is 39.0 Å². The van der Waals surface area contributed by atoms with E-state index >= 15 is 0 Å². The van der Waals surface area contributed by atoms with Gasteiger partial charge in [-0.25, -0.2) is 14.4 Å². The molecule has 0 saturated heterocycles. The highest BCUT2D eigenvalue weighted by Gasteiger charge is 2.03. The first-order chi connectivity index (χ1) is 17.1. The maximum Gasteiger partial charge on any atom is 0.407 e. The van der Waals surface area contributed by atoms with Crippen LogP contribution in [0, 0.1) is 0 Å². The molecular weight excluding hydrogens is 454 g/mol. The lowest BCUT2D eigenvalue weighted by atomic mass is 10.2. The number of ether oxygens (including phenoxy) is 3. The molecule has 10 heteroatoms. The van der Waals surface area contributed by atoms with E-state index in [0.717, 1.165) is 89.9 Å². The minimum absolute atomic E-state index is 0.219. The van der Waals surface area contributed by atoms with Crippen molar-refractivity contribution in [3.8, 4) is 0 Å². The summed E-state index contributed by atoms with van der Waals surface area (Å²) in [4.78, 5) is 34.6. The van der Waals surface area contributed by atoms with Crippen molar-refractivity contribution in [3.05, 3.63) is 0 Å². The van der Waals surface area contributed by atoms with Crippen molar-refractivity contribution >= 4 is 18.3 Å². The second-order valence-electron chi connectivity index (χ2n) is 8.51. The number of amides is 3. The zero-order chi connectivity index (χ0) is 25.8. The monoisotopic (exact) mass is 503 g/mol. The highest BCUT2D eigenvalue weighted by molar-refractivity contribution is 5.67. The molecule has 0 fully saturated rings. The Bertz CT molecular complexity index is 521. The van der Waals surface area contributed by atoms with E-state index in [4.69, 9.17) is 19.3 Å². The summed E-state index contributed by atoms with van der Waals surface area (Å²) in [6.07, 6.45) is 11.5. The lowest BCUT2D eigenvalue weighted by Crippen LogP contribution is -2.26. The Morgan fingerprint density at radius 3 is 1.23 bits per heavy atom. The summed E-state index contributed by atoms with van der Waals surface area (Å²) in [7, 11) is 0. The van der Waals surface area contributed by atoms with E-state index in [1.165, 1.54) is 0 Å². The van der Waals surface area contributed by atoms with E-state index in [2.05, 4.69) is 16.0 Å². The van der Waals surface area contributed by atoms with E-state index in [1.54, 1.807) is 0 Å². The number of carbonyl (C=O) groups excluding carboxylic acids is 3. The van der Waals surface area contributed by atoms with Gasteiger partial charge in [-0.15, -0.1) is 0 Å². The predicted molar refractivity (Wildman–Crippen MR) is 135 cm³/mol. The van der Waals surface area contributed by atoms with Crippen LogP contribution in [0.3, 0.4) is 0 Å². The average molecular weight is 504 g/mol. The molecule has 35 heavy (non-hydrogen) atoms. The Morgan fingerprint density at radius 2 is 0.857 bits per heavy atom. The lowest BCUT2D eigenvalue weighted by Gasteiger charge is -2.08. The molecular formula is C25H49N3O7. The van der Waals surface area contributed by atoms with Gasteiger partial charge < -0.3 is 35.3 Å². The largest absolute Gasteiger partial charge is 0.450 e. The summed E-state index contributed by atoms with van der Waals surface area (Å²) in [6.45, 7) is 5.27. The highest BCUT2D eigenvalue weighted by atomic mass is 16.6. The quantitative estimate of drug-likeness (QED) is 0.118. The van der Waals surface area contributed by atoms with Crippen LogP contribution in [-0.2, 0) is 14.2 Å². The molecule has 0 aromatic rings. The van der Waals surface area contributed by atoms with Crippen LogP contribution in [-0.4, -0.2) is 69.4 Å². The Kier molecular flexibility index (Phi) is 24.7. The molecule has 0 atom stereocenters. The normalized spacial score (nSPS) is 10.5. The molecule has 0 bridgehead atoms. The van der Waals surface area contributed by atoms with Gasteiger partial charge in [0.05, 0.1) is 19.8 Å². The number of aliphatic hydroxyl groups is 1. The van der Waals surface area contributed by atoms with Gasteiger partial charge in [-0.2, -0.15) is 0 Å². The third-order valence-corrected chi connectivity index (χ3v) is 5.23. The Hall–Kier alpha value is -2.23. The highest BCUT2D eigenvalue weighted by Crippen LogP contribution is 2.02. The summed E-state index contributed by atoms with van der Waals surface area (Å²) in [5, 5.41) is 16.9. The topological polar surface area (TPSA) is 135 Å². The molecule has 0 radical (unpaired) electrons. The van der Waals surface area contributed by atoms with Crippen molar-refractivity contribution in [1.82, 2.24) is 16.0 Å². The average Bonchev–Trinajstić information content (AvgIpc) is 2.84. The van der Waals surface area contributed by atoms with Crippen molar-refractivity contribution in [2.24, 2.45) is 0 Å². The van der Waals surface area contributed by atoms with Crippen LogP contribution >= 0.6 is 0 Å². The molecule has 0 aliphatic heterocycles. The van der Waals surface area contributed by atoms with E-state index in [-0.39, 0.29) is 18.8 Å². The van der Waals surface area contributed by atoms with Gasteiger partial charge in [0.1, 0.15) is 0 Å². The van der Waals surface area contributed by atoms with Crippen molar-refractivity contribution in [1.29, 1.82) is 0 Å². The standard InChI is InChI=1S/C25H49N3O7/c1-2-3-20-33-23(30)26-17-11-5-8-14-22-35-25(32)28-18-12-6-9-15-21-34-24(31)27-16-10-4-7-13-19-29/h29H,2-22H2,1H3,(H,26,30)(H,27,31)(H,28,32). The van der Waals surface area contributed by atoms with Crippen molar-refractivity contribution in [2.45, 2.75) is 96.8 Å². The van der Waals surface area contributed by atoms with Crippen LogP contribution in [0.5, 0.6) is 0 Å². The summed E-state index contributed by atoms with van der Waals surface area (Å²) < 4.78 is 15.3. The van der Waals surface area contributed by atoms with Gasteiger partial charge >= 0.3 is 18.3 Å². The smallest absolute Gasteiger partial charge is 0.407 e. The third-order valence-electron chi connectivity index (χ3n) is 5.23. The first kappa shape index (κ1) is 32.8.